The minimum Gasteiger partial charge on any atom is -0.375 e. The zero-order valence-electron chi connectivity index (χ0n) is 10.4. The van der Waals surface area contributed by atoms with Crippen LogP contribution in [0.25, 0.3) is 0 Å². The van der Waals surface area contributed by atoms with Crippen molar-refractivity contribution >= 4 is 23.5 Å². The van der Waals surface area contributed by atoms with Crippen LogP contribution in [0.1, 0.15) is 16.7 Å². The summed E-state index contributed by atoms with van der Waals surface area (Å²) in [5.41, 5.74) is 11.4. The van der Waals surface area contributed by atoms with Crippen LogP contribution < -0.4 is 11.2 Å². The van der Waals surface area contributed by atoms with E-state index in [1.807, 2.05) is 18.2 Å². The third kappa shape index (κ3) is 4.52. The molecule has 0 aliphatic carbocycles. The SMILES string of the molecule is NC(=S)N/N=C/c1ccc(Cc2ccccc2)cc1. The molecule has 0 fully saturated rings. The molecule has 0 radical (unpaired) electrons. The van der Waals surface area contributed by atoms with E-state index in [-0.39, 0.29) is 5.11 Å². The Morgan fingerprint density at radius 3 is 2.32 bits per heavy atom. The lowest BCUT2D eigenvalue weighted by molar-refractivity contribution is 1.04. The van der Waals surface area contributed by atoms with Crippen molar-refractivity contribution < 1.29 is 0 Å². The van der Waals surface area contributed by atoms with E-state index in [0.717, 1.165) is 12.0 Å². The average molecular weight is 269 g/mol. The second kappa shape index (κ2) is 6.66. The van der Waals surface area contributed by atoms with E-state index in [1.54, 1.807) is 6.21 Å². The van der Waals surface area contributed by atoms with E-state index in [9.17, 15) is 0 Å². The molecule has 0 atom stereocenters. The maximum absolute atomic E-state index is 5.27. The van der Waals surface area contributed by atoms with Gasteiger partial charge in [-0.05, 0) is 35.3 Å². The summed E-state index contributed by atoms with van der Waals surface area (Å²) in [6, 6.07) is 18.6. The van der Waals surface area contributed by atoms with Gasteiger partial charge in [-0.25, -0.2) is 0 Å². The molecule has 0 saturated heterocycles. The Hall–Kier alpha value is -2.20. The second-order valence-corrected chi connectivity index (χ2v) is 4.58. The molecule has 0 aliphatic heterocycles. The Labute approximate surface area is 118 Å². The predicted octanol–water partition coefficient (Wildman–Crippen LogP) is 2.44. The monoisotopic (exact) mass is 269 g/mol. The topological polar surface area (TPSA) is 50.4 Å². The molecular weight excluding hydrogens is 254 g/mol. The molecule has 4 heteroatoms. The molecular formula is C15H15N3S. The van der Waals surface area contributed by atoms with Crippen molar-refractivity contribution in [3.8, 4) is 0 Å². The van der Waals surface area contributed by atoms with Crippen LogP contribution in [0.15, 0.2) is 59.7 Å². The summed E-state index contributed by atoms with van der Waals surface area (Å²) in [5, 5.41) is 4.08. The first-order chi connectivity index (χ1) is 9.24. The third-order valence-corrected chi connectivity index (χ3v) is 2.71. The quantitative estimate of drug-likeness (QED) is 0.509. The van der Waals surface area contributed by atoms with Gasteiger partial charge in [-0.2, -0.15) is 5.10 Å². The van der Waals surface area contributed by atoms with E-state index >= 15 is 0 Å². The maximum Gasteiger partial charge on any atom is 0.184 e. The van der Waals surface area contributed by atoms with Crippen LogP contribution in [0.4, 0.5) is 0 Å². The van der Waals surface area contributed by atoms with Gasteiger partial charge < -0.3 is 5.73 Å². The molecule has 0 saturated carbocycles. The lowest BCUT2D eigenvalue weighted by Crippen LogP contribution is -2.23. The largest absolute Gasteiger partial charge is 0.375 e. The molecule has 0 amide bonds. The standard InChI is InChI=1S/C15H15N3S/c16-15(19)18-17-11-14-8-6-13(7-9-14)10-12-4-2-1-3-5-12/h1-9,11H,10H2,(H3,16,18,19)/b17-11+. The molecule has 2 rings (SSSR count). The highest BCUT2D eigenvalue weighted by atomic mass is 32.1. The Morgan fingerprint density at radius 2 is 1.68 bits per heavy atom. The molecule has 0 aromatic heterocycles. The maximum atomic E-state index is 5.27. The van der Waals surface area contributed by atoms with E-state index in [1.165, 1.54) is 11.1 Å². The first-order valence-corrected chi connectivity index (χ1v) is 6.36. The number of hydrogen-bond acceptors (Lipinski definition) is 2. The van der Waals surface area contributed by atoms with Gasteiger partial charge in [0.1, 0.15) is 0 Å². The first kappa shape index (κ1) is 13.2. The van der Waals surface area contributed by atoms with Crippen molar-refractivity contribution in [2.45, 2.75) is 6.42 Å². The van der Waals surface area contributed by atoms with Crippen molar-refractivity contribution in [2.24, 2.45) is 10.8 Å². The number of thiocarbonyl (C=S) groups is 1. The number of hydrazone groups is 1. The molecule has 0 aliphatic rings. The van der Waals surface area contributed by atoms with Crippen LogP contribution in [0.3, 0.4) is 0 Å². The van der Waals surface area contributed by atoms with E-state index < -0.39 is 0 Å². The summed E-state index contributed by atoms with van der Waals surface area (Å²) in [5.74, 6) is 0. The van der Waals surface area contributed by atoms with Crippen LogP contribution in [0.2, 0.25) is 0 Å². The molecule has 0 spiro atoms. The summed E-state index contributed by atoms with van der Waals surface area (Å²) in [7, 11) is 0. The Balaban J connectivity index is 1.98. The smallest absolute Gasteiger partial charge is 0.184 e. The summed E-state index contributed by atoms with van der Waals surface area (Å²) < 4.78 is 0. The van der Waals surface area contributed by atoms with Gasteiger partial charge >= 0.3 is 0 Å². The van der Waals surface area contributed by atoms with Gasteiger partial charge in [0.2, 0.25) is 0 Å². The molecule has 3 nitrogen and oxygen atoms in total. The average Bonchev–Trinajstić information content (AvgIpc) is 2.42. The van der Waals surface area contributed by atoms with Crippen LogP contribution in [-0.4, -0.2) is 11.3 Å². The summed E-state index contributed by atoms with van der Waals surface area (Å²) >= 11 is 4.66. The van der Waals surface area contributed by atoms with Crippen LogP contribution in [0.5, 0.6) is 0 Å². The second-order valence-electron chi connectivity index (χ2n) is 4.14. The van der Waals surface area contributed by atoms with Gasteiger partial charge in [0.05, 0.1) is 6.21 Å². The number of nitrogens with one attached hydrogen (secondary N) is 1. The fourth-order valence-corrected chi connectivity index (χ4v) is 1.78. The molecule has 0 bridgehead atoms. The number of nitrogens with zero attached hydrogens (tertiary/aromatic N) is 1. The van der Waals surface area contributed by atoms with Crippen LogP contribution in [0, 0.1) is 0 Å². The molecule has 3 N–H and O–H groups in total. The van der Waals surface area contributed by atoms with Crippen molar-refractivity contribution in [1.29, 1.82) is 0 Å². The van der Waals surface area contributed by atoms with E-state index in [2.05, 4.69) is 59.1 Å². The zero-order valence-corrected chi connectivity index (χ0v) is 11.2. The normalized spacial score (nSPS) is 10.5. The minimum atomic E-state index is 0.164. The number of hydrogen-bond donors (Lipinski definition) is 2. The van der Waals surface area contributed by atoms with Gasteiger partial charge in [-0.1, -0.05) is 54.6 Å². The van der Waals surface area contributed by atoms with E-state index in [0.29, 0.717) is 0 Å². The lowest BCUT2D eigenvalue weighted by atomic mass is 10.0. The first-order valence-electron chi connectivity index (χ1n) is 5.95. The van der Waals surface area contributed by atoms with Gasteiger partial charge in [0.25, 0.3) is 0 Å². The molecule has 2 aromatic carbocycles. The fraction of sp³-hybridized carbons (Fsp3) is 0.0667. The van der Waals surface area contributed by atoms with Gasteiger partial charge in [0.15, 0.2) is 5.11 Å². The fourth-order valence-electron chi connectivity index (χ4n) is 1.72. The highest BCUT2D eigenvalue weighted by Gasteiger charge is 1.95. The summed E-state index contributed by atoms with van der Waals surface area (Å²) in [4.78, 5) is 0. The molecule has 0 heterocycles. The highest BCUT2D eigenvalue weighted by molar-refractivity contribution is 7.80. The van der Waals surface area contributed by atoms with Crippen LogP contribution in [-0.2, 0) is 6.42 Å². The molecule has 96 valence electrons. The Morgan fingerprint density at radius 1 is 1.05 bits per heavy atom. The van der Waals surface area contributed by atoms with Gasteiger partial charge in [0, 0.05) is 0 Å². The minimum absolute atomic E-state index is 0.164. The highest BCUT2D eigenvalue weighted by Crippen LogP contribution is 2.09. The van der Waals surface area contributed by atoms with Crippen molar-refractivity contribution in [3.63, 3.8) is 0 Å². The van der Waals surface area contributed by atoms with Crippen molar-refractivity contribution in [2.75, 3.05) is 0 Å². The Kier molecular flexibility index (Phi) is 4.64. The molecule has 19 heavy (non-hydrogen) atoms. The van der Waals surface area contributed by atoms with Crippen molar-refractivity contribution in [1.82, 2.24) is 5.43 Å². The summed E-state index contributed by atoms with van der Waals surface area (Å²) in [6.07, 6.45) is 2.62. The zero-order chi connectivity index (χ0) is 13.5. The van der Waals surface area contributed by atoms with Gasteiger partial charge in [-0.3, -0.25) is 5.43 Å². The number of rotatable bonds is 4. The summed E-state index contributed by atoms with van der Waals surface area (Å²) in [6.45, 7) is 0. The number of nitrogens with two attached hydrogens (primary N) is 1. The Bertz CT molecular complexity index is 562. The van der Waals surface area contributed by atoms with Crippen molar-refractivity contribution in [3.05, 3.63) is 71.3 Å². The molecule has 0 unspecified atom stereocenters. The number of benzene rings is 2. The lowest BCUT2D eigenvalue weighted by Gasteiger charge is -2.02. The van der Waals surface area contributed by atoms with Crippen LogP contribution >= 0.6 is 12.2 Å². The molecule has 2 aromatic rings. The third-order valence-electron chi connectivity index (χ3n) is 2.62. The predicted molar refractivity (Wildman–Crippen MR) is 83.2 cm³/mol. The van der Waals surface area contributed by atoms with Gasteiger partial charge in [-0.15, -0.1) is 0 Å². The van der Waals surface area contributed by atoms with E-state index in [4.69, 9.17) is 5.73 Å².